The minimum atomic E-state index is 0.876. The number of rotatable bonds is 0. The molecule has 8 heavy (non-hydrogen) atoms. The van der Waals surface area contributed by atoms with Crippen LogP contribution in [0.4, 0.5) is 0 Å². The normalized spacial score (nSPS) is 19.6. The first-order chi connectivity index (χ1) is 3.70. The zero-order chi connectivity index (χ0) is 6.15. The summed E-state index contributed by atoms with van der Waals surface area (Å²) in [6, 6.07) is 0. The Balaban J connectivity index is 2.79. The van der Waals surface area contributed by atoms with Crippen molar-refractivity contribution in [3.8, 4) is 0 Å². The van der Waals surface area contributed by atoms with Crippen LogP contribution in [0.2, 0.25) is 0 Å². The zero-order valence-electron chi connectivity index (χ0n) is 3.79. The average Bonchev–Trinajstić information content (AvgIpc) is 1.85. The van der Waals surface area contributed by atoms with Gasteiger partial charge in [-0.15, -0.1) is 0 Å². The minimum absolute atomic E-state index is 0.876. The summed E-state index contributed by atoms with van der Waals surface area (Å²) in [7, 11) is 0. The van der Waals surface area contributed by atoms with Gasteiger partial charge < -0.3 is 0 Å². The number of aliphatic imine (C=N–C) groups is 1. The molecular formula is C4H2Br3N. The van der Waals surface area contributed by atoms with Crippen LogP contribution in [0, 0.1) is 0 Å². The highest BCUT2D eigenvalue weighted by Crippen LogP contribution is 2.30. The molecule has 0 aromatic carbocycles. The number of allylic oxidation sites excluding steroid dienone is 1. The number of hydrogen-bond donors (Lipinski definition) is 0. The largest absolute Gasteiger partial charge is 0.237 e. The van der Waals surface area contributed by atoms with Gasteiger partial charge in [0.1, 0.15) is 4.61 Å². The summed E-state index contributed by atoms with van der Waals surface area (Å²) in [5, 5.41) is 0. The summed E-state index contributed by atoms with van der Waals surface area (Å²) < 4.78 is 2.96. The lowest BCUT2D eigenvalue weighted by molar-refractivity contribution is 1.55. The Morgan fingerprint density at radius 1 is 1.25 bits per heavy atom. The highest BCUT2D eigenvalue weighted by Gasteiger charge is 2.09. The Hall–Kier alpha value is 0.850. The highest BCUT2D eigenvalue weighted by atomic mass is 79.9. The lowest BCUT2D eigenvalue weighted by atomic mass is 10.5. The van der Waals surface area contributed by atoms with Gasteiger partial charge in [0.15, 0.2) is 0 Å². The van der Waals surface area contributed by atoms with Crippen molar-refractivity contribution < 1.29 is 0 Å². The second-order valence-electron chi connectivity index (χ2n) is 1.36. The van der Waals surface area contributed by atoms with E-state index >= 15 is 0 Å². The molecule has 4 heteroatoms. The van der Waals surface area contributed by atoms with Crippen molar-refractivity contribution in [2.75, 3.05) is 0 Å². The van der Waals surface area contributed by atoms with Crippen LogP contribution in [0.1, 0.15) is 6.42 Å². The predicted octanol–water partition coefficient (Wildman–Crippen LogP) is 3.14. The summed E-state index contributed by atoms with van der Waals surface area (Å²) in [5.41, 5.74) is 0. The molecule has 0 fully saturated rings. The van der Waals surface area contributed by atoms with E-state index in [1.165, 1.54) is 0 Å². The smallest absolute Gasteiger partial charge is 0.117 e. The molecule has 0 radical (unpaired) electrons. The van der Waals surface area contributed by atoms with E-state index < -0.39 is 0 Å². The molecule has 0 bridgehead atoms. The van der Waals surface area contributed by atoms with Crippen molar-refractivity contribution in [3.63, 3.8) is 0 Å². The Bertz CT molecular complexity index is 170. The fourth-order valence-electron chi connectivity index (χ4n) is 0.408. The first-order valence-electron chi connectivity index (χ1n) is 1.97. The average molecular weight is 304 g/mol. The molecule has 0 atom stereocenters. The molecule has 1 rings (SSSR count). The van der Waals surface area contributed by atoms with Crippen molar-refractivity contribution in [2.24, 2.45) is 4.99 Å². The van der Waals surface area contributed by atoms with Gasteiger partial charge in [-0.1, -0.05) is 15.9 Å². The van der Waals surface area contributed by atoms with Crippen LogP contribution < -0.4 is 0 Å². The Morgan fingerprint density at radius 2 is 1.88 bits per heavy atom. The standard InChI is InChI=1S/C4H2Br3N/c5-2-1-3(6)8-4(2)7/h1H2. The third-order valence-electron chi connectivity index (χ3n) is 0.744. The maximum absolute atomic E-state index is 4.05. The third kappa shape index (κ3) is 1.42. The van der Waals surface area contributed by atoms with Crippen LogP contribution in [0.3, 0.4) is 0 Å². The maximum atomic E-state index is 4.05. The molecule has 0 unspecified atom stereocenters. The zero-order valence-corrected chi connectivity index (χ0v) is 8.55. The number of nitrogens with zero attached hydrogens (tertiary/aromatic N) is 1. The molecule has 1 heterocycles. The van der Waals surface area contributed by atoms with E-state index in [0.29, 0.717) is 0 Å². The topological polar surface area (TPSA) is 12.4 Å². The molecule has 0 spiro atoms. The molecule has 1 nitrogen and oxygen atoms in total. The molecule has 1 aliphatic rings. The fraction of sp³-hybridized carbons (Fsp3) is 0.250. The van der Waals surface area contributed by atoms with Crippen molar-refractivity contribution in [1.82, 2.24) is 0 Å². The van der Waals surface area contributed by atoms with Gasteiger partial charge in [0.25, 0.3) is 0 Å². The van der Waals surface area contributed by atoms with Crippen LogP contribution in [-0.4, -0.2) is 4.62 Å². The third-order valence-corrected chi connectivity index (χ3v) is 3.05. The molecule has 0 saturated heterocycles. The number of hydrogen-bond acceptors (Lipinski definition) is 1. The molecule has 1 aliphatic heterocycles. The second kappa shape index (κ2) is 2.62. The van der Waals surface area contributed by atoms with Gasteiger partial charge in [-0.05, 0) is 31.9 Å². The Morgan fingerprint density at radius 3 is 2.00 bits per heavy atom. The molecule has 44 valence electrons. The van der Waals surface area contributed by atoms with Gasteiger partial charge in [0.2, 0.25) is 0 Å². The first kappa shape index (κ1) is 6.96. The molecular weight excluding hydrogens is 302 g/mol. The van der Waals surface area contributed by atoms with Crippen LogP contribution in [0.25, 0.3) is 0 Å². The monoisotopic (exact) mass is 301 g/mol. The second-order valence-corrected chi connectivity index (χ2v) is 3.98. The molecule has 0 N–H and O–H groups in total. The van der Waals surface area contributed by atoms with Crippen molar-refractivity contribution in [3.05, 3.63) is 9.09 Å². The van der Waals surface area contributed by atoms with Crippen molar-refractivity contribution >= 4 is 52.4 Å². The van der Waals surface area contributed by atoms with E-state index in [-0.39, 0.29) is 0 Å². The minimum Gasteiger partial charge on any atom is -0.237 e. The molecule has 0 saturated carbocycles. The van der Waals surface area contributed by atoms with Crippen molar-refractivity contribution in [1.29, 1.82) is 0 Å². The summed E-state index contributed by atoms with van der Waals surface area (Å²) in [6.07, 6.45) is 0.876. The molecule has 0 aromatic heterocycles. The predicted molar refractivity (Wildman–Crippen MR) is 45.9 cm³/mol. The van der Waals surface area contributed by atoms with Crippen LogP contribution in [0.15, 0.2) is 14.1 Å². The molecule has 0 amide bonds. The quantitative estimate of drug-likeness (QED) is 0.610. The van der Waals surface area contributed by atoms with E-state index in [1.54, 1.807) is 0 Å². The summed E-state index contributed by atoms with van der Waals surface area (Å²) in [4.78, 5) is 4.05. The van der Waals surface area contributed by atoms with Crippen LogP contribution in [0.5, 0.6) is 0 Å². The van der Waals surface area contributed by atoms with Gasteiger partial charge in [0.05, 0.1) is 4.62 Å². The van der Waals surface area contributed by atoms with E-state index in [4.69, 9.17) is 0 Å². The van der Waals surface area contributed by atoms with Gasteiger partial charge in [-0.3, -0.25) is 0 Å². The Labute approximate surface area is 72.6 Å². The summed E-state index contributed by atoms with van der Waals surface area (Å²) in [6.45, 7) is 0. The van der Waals surface area contributed by atoms with E-state index in [9.17, 15) is 0 Å². The number of halogens is 3. The SMILES string of the molecule is BrC1=NC(Br)=C(Br)C1. The summed E-state index contributed by atoms with van der Waals surface area (Å²) >= 11 is 9.86. The van der Waals surface area contributed by atoms with Crippen LogP contribution >= 0.6 is 47.8 Å². The van der Waals surface area contributed by atoms with Gasteiger partial charge in [0, 0.05) is 10.9 Å². The first-order valence-corrected chi connectivity index (χ1v) is 4.35. The van der Waals surface area contributed by atoms with E-state index in [2.05, 4.69) is 52.8 Å². The van der Waals surface area contributed by atoms with E-state index in [0.717, 1.165) is 20.1 Å². The Kier molecular flexibility index (Phi) is 2.28. The van der Waals surface area contributed by atoms with E-state index in [1.807, 2.05) is 0 Å². The van der Waals surface area contributed by atoms with Gasteiger partial charge >= 0.3 is 0 Å². The highest BCUT2D eigenvalue weighted by molar-refractivity contribution is 9.18. The lowest BCUT2D eigenvalue weighted by Gasteiger charge is -1.81. The fourth-order valence-corrected chi connectivity index (χ4v) is 2.19. The maximum Gasteiger partial charge on any atom is 0.117 e. The molecule has 0 aliphatic carbocycles. The summed E-state index contributed by atoms with van der Waals surface area (Å²) in [5.74, 6) is 0. The molecule has 0 aromatic rings. The van der Waals surface area contributed by atoms with Crippen LogP contribution in [-0.2, 0) is 0 Å². The van der Waals surface area contributed by atoms with Gasteiger partial charge in [-0.2, -0.15) is 0 Å². The van der Waals surface area contributed by atoms with Crippen molar-refractivity contribution in [2.45, 2.75) is 6.42 Å². The van der Waals surface area contributed by atoms with Gasteiger partial charge in [-0.25, -0.2) is 4.99 Å². The lowest BCUT2D eigenvalue weighted by Crippen LogP contribution is -1.74.